The zero-order valence-electron chi connectivity index (χ0n) is 17.8. The molecule has 0 atom stereocenters. The number of rotatable bonds is 4. The van der Waals surface area contributed by atoms with E-state index in [1.807, 2.05) is 75.4 Å². The van der Waals surface area contributed by atoms with Crippen LogP contribution in [0.3, 0.4) is 0 Å². The number of nitrogens with zero attached hydrogens (tertiary/aromatic N) is 1. The van der Waals surface area contributed by atoms with Crippen molar-refractivity contribution < 1.29 is 14.3 Å². The number of carbonyl (C=O) groups excluding carboxylic acids is 2. The number of carbonyl (C=O) groups is 2. The molecule has 156 valence electrons. The number of ether oxygens (including phenoxy) is 1. The molecule has 4 aromatic rings. The minimum absolute atomic E-state index is 0.278. The Morgan fingerprint density at radius 3 is 2.29 bits per heavy atom. The number of para-hydroxylation sites is 1. The summed E-state index contributed by atoms with van der Waals surface area (Å²) in [6.07, 6.45) is 0. The first-order valence-corrected chi connectivity index (χ1v) is 10.7. The molecule has 0 aliphatic carbocycles. The molecular formula is C25H22N2O3S. The van der Waals surface area contributed by atoms with Gasteiger partial charge in [-0.3, -0.25) is 4.79 Å². The molecule has 2 aromatic heterocycles. The third-order valence-corrected chi connectivity index (χ3v) is 6.53. The fourth-order valence-electron chi connectivity index (χ4n) is 3.71. The number of amides is 1. The highest BCUT2D eigenvalue weighted by molar-refractivity contribution is 7.16. The summed E-state index contributed by atoms with van der Waals surface area (Å²) in [5.74, 6) is -0.738. The molecule has 0 bridgehead atoms. The maximum atomic E-state index is 13.5. The summed E-state index contributed by atoms with van der Waals surface area (Å²) in [5.41, 5.74) is 4.99. The predicted octanol–water partition coefficient (Wildman–Crippen LogP) is 5.93. The Hall–Kier alpha value is -3.51. The third-order valence-electron chi connectivity index (χ3n) is 5.41. The minimum Gasteiger partial charge on any atom is -0.465 e. The van der Waals surface area contributed by atoms with E-state index >= 15 is 0 Å². The van der Waals surface area contributed by atoms with E-state index < -0.39 is 5.97 Å². The average molecular weight is 431 g/mol. The highest BCUT2D eigenvalue weighted by atomic mass is 32.1. The van der Waals surface area contributed by atoms with Crippen LogP contribution in [-0.2, 0) is 4.74 Å². The second kappa shape index (κ2) is 8.32. The van der Waals surface area contributed by atoms with Gasteiger partial charge in [-0.15, -0.1) is 11.3 Å². The van der Waals surface area contributed by atoms with Crippen LogP contribution in [0, 0.1) is 20.8 Å². The van der Waals surface area contributed by atoms with Crippen molar-refractivity contribution >= 4 is 39.1 Å². The largest absolute Gasteiger partial charge is 0.465 e. The Labute approximate surface area is 184 Å². The van der Waals surface area contributed by atoms with Gasteiger partial charge in [-0.05, 0) is 38.0 Å². The molecule has 0 saturated carbocycles. The van der Waals surface area contributed by atoms with Gasteiger partial charge in [0.15, 0.2) is 0 Å². The Bertz CT molecular complexity index is 1310. The molecule has 0 fully saturated rings. The lowest BCUT2D eigenvalue weighted by molar-refractivity contribution is 0.0601. The van der Waals surface area contributed by atoms with Crippen molar-refractivity contribution in [3.63, 3.8) is 0 Å². The maximum absolute atomic E-state index is 13.5. The summed E-state index contributed by atoms with van der Waals surface area (Å²) in [6.45, 7) is 5.68. The van der Waals surface area contributed by atoms with Gasteiger partial charge >= 0.3 is 5.97 Å². The van der Waals surface area contributed by atoms with Gasteiger partial charge in [0.2, 0.25) is 0 Å². The number of aryl methyl sites for hydroxylation is 1. The summed E-state index contributed by atoms with van der Waals surface area (Å²) in [6, 6.07) is 17.4. The average Bonchev–Trinajstić information content (AvgIpc) is 3.06. The fraction of sp³-hybridized carbons (Fsp3) is 0.160. The van der Waals surface area contributed by atoms with Crippen LogP contribution in [0.1, 0.15) is 36.7 Å². The van der Waals surface area contributed by atoms with Crippen LogP contribution in [0.4, 0.5) is 5.00 Å². The third kappa shape index (κ3) is 3.70. The second-order valence-corrected chi connectivity index (χ2v) is 8.50. The lowest BCUT2D eigenvalue weighted by atomic mass is 9.97. The number of anilines is 1. The Balaban J connectivity index is 1.87. The first-order valence-electron chi connectivity index (χ1n) is 9.86. The van der Waals surface area contributed by atoms with E-state index in [-0.39, 0.29) is 5.91 Å². The molecule has 2 heterocycles. The number of methoxy groups -OCH3 is 1. The highest BCUT2D eigenvalue weighted by Gasteiger charge is 2.24. The molecule has 1 amide bonds. The van der Waals surface area contributed by atoms with Gasteiger partial charge in [0.25, 0.3) is 5.91 Å². The molecule has 0 aliphatic rings. The van der Waals surface area contributed by atoms with E-state index in [9.17, 15) is 9.59 Å². The summed E-state index contributed by atoms with van der Waals surface area (Å²) >= 11 is 1.37. The fourth-order valence-corrected chi connectivity index (χ4v) is 4.75. The maximum Gasteiger partial charge on any atom is 0.341 e. The molecule has 0 aliphatic heterocycles. The van der Waals surface area contributed by atoms with Crippen LogP contribution >= 0.6 is 11.3 Å². The van der Waals surface area contributed by atoms with Crippen LogP contribution in [0.2, 0.25) is 0 Å². The van der Waals surface area contributed by atoms with Gasteiger partial charge in [0, 0.05) is 15.8 Å². The molecule has 5 nitrogen and oxygen atoms in total. The minimum atomic E-state index is -0.460. The monoisotopic (exact) mass is 430 g/mol. The van der Waals surface area contributed by atoms with Gasteiger partial charge in [0.05, 0.1) is 29.4 Å². The summed E-state index contributed by atoms with van der Waals surface area (Å²) in [5, 5.41) is 4.23. The number of aromatic nitrogens is 1. The zero-order chi connectivity index (χ0) is 22.1. The Morgan fingerprint density at radius 2 is 1.58 bits per heavy atom. The van der Waals surface area contributed by atoms with Crippen molar-refractivity contribution in [2.75, 3.05) is 12.4 Å². The van der Waals surface area contributed by atoms with Gasteiger partial charge in [-0.2, -0.15) is 0 Å². The molecule has 0 saturated heterocycles. The number of thiophene rings is 1. The van der Waals surface area contributed by atoms with Crippen molar-refractivity contribution in [2.24, 2.45) is 0 Å². The van der Waals surface area contributed by atoms with E-state index in [2.05, 4.69) is 5.32 Å². The number of fused-ring (bicyclic) bond motifs is 1. The molecule has 0 unspecified atom stereocenters. The van der Waals surface area contributed by atoms with Gasteiger partial charge < -0.3 is 10.1 Å². The molecular weight excluding hydrogens is 408 g/mol. The molecule has 0 radical (unpaired) electrons. The first-order chi connectivity index (χ1) is 14.9. The van der Waals surface area contributed by atoms with Crippen molar-refractivity contribution in [2.45, 2.75) is 20.8 Å². The zero-order valence-corrected chi connectivity index (χ0v) is 18.6. The van der Waals surface area contributed by atoms with E-state index in [1.165, 1.54) is 18.4 Å². The number of benzene rings is 2. The smallest absolute Gasteiger partial charge is 0.341 e. The molecule has 4 rings (SSSR count). The first kappa shape index (κ1) is 20.8. The lowest BCUT2D eigenvalue weighted by Gasteiger charge is -2.15. The quantitative estimate of drug-likeness (QED) is 0.408. The molecule has 1 N–H and O–H groups in total. The van der Waals surface area contributed by atoms with E-state index in [0.717, 1.165) is 38.2 Å². The molecule has 0 spiro atoms. The van der Waals surface area contributed by atoms with Crippen LogP contribution < -0.4 is 5.32 Å². The van der Waals surface area contributed by atoms with Crippen molar-refractivity contribution in [3.8, 4) is 11.3 Å². The topological polar surface area (TPSA) is 68.3 Å². The number of hydrogen-bond donors (Lipinski definition) is 1. The van der Waals surface area contributed by atoms with Crippen molar-refractivity contribution in [3.05, 3.63) is 81.7 Å². The molecule has 2 aromatic carbocycles. The summed E-state index contributed by atoms with van der Waals surface area (Å²) < 4.78 is 4.94. The van der Waals surface area contributed by atoms with Crippen LogP contribution in [-0.4, -0.2) is 24.0 Å². The van der Waals surface area contributed by atoms with E-state index in [0.29, 0.717) is 16.1 Å². The van der Waals surface area contributed by atoms with Crippen LogP contribution in [0.5, 0.6) is 0 Å². The normalized spacial score (nSPS) is 10.8. The van der Waals surface area contributed by atoms with Crippen LogP contribution in [0.25, 0.3) is 22.2 Å². The summed E-state index contributed by atoms with van der Waals surface area (Å²) in [4.78, 5) is 31.6. The standard InChI is InChI=1S/C25H22N2O3S/c1-14-16(3)31-24(21(14)25(29)30-4)27-23(28)20-15(2)22(17-10-6-5-7-11-17)26-19-13-9-8-12-18(19)20/h5-13H,1-4H3,(H,27,28). The molecule has 31 heavy (non-hydrogen) atoms. The van der Waals surface area contributed by atoms with Gasteiger partial charge in [0.1, 0.15) is 5.00 Å². The van der Waals surface area contributed by atoms with Crippen LogP contribution in [0.15, 0.2) is 54.6 Å². The Kier molecular flexibility index (Phi) is 5.57. The lowest BCUT2D eigenvalue weighted by Crippen LogP contribution is -2.17. The summed E-state index contributed by atoms with van der Waals surface area (Å²) in [7, 11) is 1.34. The van der Waals surface area contributed by atoms with Crippen molar-refractivity contribution in [1.82, 2.24) is 4.98 Å². The van der Waals surface area contributed by atoms with Gasteiger partial charge in [-0.25, -0.2) is 9.78 Å². The number of nitrogens with one attached hydrogen (secondary N) is 1. The number of pyridine rings is 1. The SMILES string of the molecule is COC(=O)c1c(NC(=O)c2c(C)c(-c3ccccc3)nc3ccccc23)sc(C)c1C. The van der Waals surface area contributed by atoms with E-state index in [1.54, 1.807) is 0 Å². The number of esters is 1. The Morgan fingerprint density at radius 1 is 0.903 bits per heavy atom. The highest BCUT2D eigenvalue weighted by Crippen LogP contribution is 2.35. The second-order valence-electron chi connectivity index (χ2n) is 7.28. The van der Waals surface area contributed by atoms with Crippen molar-refractivity contribution in [1.29, 1.82) is 0 Å². The predicted molar refractivity (Wildman–Crippen MR) is 125 cm³/mol. The molecule has 6 heteroatoms. The van der Waals surface area contributed by atoms with E-state index in [4.69, 9.17) is 9.72 Å². The van der Waals surface area contributed by atoms with Gasteiger partial charge in [-0.1, -0.05) is 48.5 Å². The number of hydrogen-bond acceptors (Lipinski definition) is 5.